The molecule has 20 heavy (non-hydrogen) atoms. The second-order valence-corrected chi connectivity index (χ2v) is 4.53. The fourth-order valence-corrected chi connectivity index (χ4v) is 1.91. The Morgan fingerprint density at radius 3 is 2.65 bits per heavy atom. The number of hydrogen-bond acceptors (Lipinski definition) is 2. The molecule has 2 rings (SSSR count). The molecule has 0 saturated heterocycles. The number of rotatable bonds is 2. The van der Waals surface area contributed by atoms with Crippen LogP contribution in [-0.2, 0) is 0 Å². The first-order valence-electron chi connectivity index (χ1n) is 5.77. The number of amides is 1. The number of carbonyl (C=O) groups is 1. The topological polar surface area (TPSA) is 44.1 Å². The normalized spacial score (nSPS) is 9.90. The van der Waals surface area contributed by atoms with E-state index in [0.717, 1.165) is 6.07 Å². The summed E-state index contributed by atoms with van der Waals surface area (Å²) in [6.07, 6.45) is 0. The molecule has 0 saturated carbocycles. The van der Waals surface area contributed by atoms with Crippen LogP contribution < -0.4 is 4.90 Å². The van der Waals surface area contributed by atoms with E-state index < -0.39 is 11.7 Å². The largest absolute Gasteiger partial charge is 0.310 e. The molecule has 0 atom stereocenters. The van der Waals surface area contributed by atoms with E-state index in [1.165, 1.54) is 24.1 Å². The summed E-state index contributed by atoms with van der Waals surface area (Å²) in [6, 6.07) is 12.6. The summed E-state index contributed by atoms with van der Waals surface area (Å²) >= 11 is 5.59. The van der Waals surface area contributed by atoms with Crippen LogP contribution in [-0.4, -0.2) is 13.0 Å². The molecule has 2 aromatic rings. The minimum absolute atomic E-state index is 0.0402. The molecule has 0 N–H and O–H groups in total. The van der Waals surface area contributed by atoms with E-state index in [1.54, 1.807) is 24.3 Å². The third kappa shape index (κ3) is 2.63. The van der Waals surface area contributed by atoms with Gasteiger partial charge in [0.15, 0.2) is 0 Å². The van der Waals surface area contributed by atoms with Gasteiger partial charge in [-0.05, 0) is 30.3 Å². The van der Waals surface area contributed by atoms with Gasteiger partial charge in [0.1, 0.15) is 11.9 Å². The van der Waals surface area contributed by atoms with Gasteiger partial charge in [-0.2, -0.15) is 5.26 Å². The van der Waals surface area contributed by atoms with Gasteiger partial charge < -0.3 is 4.90 Å². The Bertz CT molecular complexity index is 709. The van der Waals surface area contributed by atoms with Crippen molar-refractivity contribution in [1.29, 1.82) is 5.26 Å². The van der Waals surface area contributed by atoms with E-state index in [2.05, 4.69) is 0 Å². The van der Waals surface area contributed by atoms with Crippen molar-refractivity contribution in [2.75, 3.05) is 11.9 Å². The summed E-state index contributed by atoms with van der Waals surface area (Å²) < 4.78 is 13.4. The van der Waals surface area contributed by atoms with Crippen LogP contribution in [0.5, 0.6) is 0 Å². The molecule has 0 aliphatic heterocycles. The molecule has 0 unspecified atom stereocenters. The van der Waals surface area contributed by atoms with Crippen LogP contribution in [0.25, 0.3) is 0 Å². The zero-order valence-electron chi connectivity index (χ0n) is 10.6. The number of hydrogen-bond donors (Lipinski definition) is 0. The maximum atomic E-state index is 13.4. The van der Waals surface area contributed by atoms with Crippen LogP contribution in [0.15, 0.2) is 42.5 Å². The third-order valence-corrected chi connectivity index (χ3v) is 3.16. The molecule has 0 aliphatic rings. The van der Waals surface area contributed by atoms with Gasteiger partial charge in [0, 0.05) is 12.6 Å². The summed E-state index contributed by atoms with van der Waals surface area (Å²) in [6.45, 7) is 0. The predicted molar refractivity (Wildman–Crippen MR) is 75.3 cm³/mol. The molecular formula is C15H10ClFN2O. The lowest BCUT2D eigenvalue weighted by atomic mass is 10.1. The van der Waals surface area contributed by atoms with E-state index in [1.807, 2.05) is 6.07 Å². The Kier molecular flexibility index (Phi) is 4.02. The SMILES string of the molecule is CN(C(=O)c1ccc(Cl)c(F)c1)c1ccccc1C#N. The Morgan fingerprint density at radius 2 is 2.00 bits per heavy atom. The van der Waals surface area contributed by atoms with Crippen molar-refractivity contribution in [3.05, 3.63) is 64.4 Å². The molecule has 0 fully saturated rings. The fourth-order valence-electron chi connectivity index (χ4n) is 1.79. The summed E-state index contributed by atoms with van der Waals surface area (Å²) in [5.74, 6) is -1.07. The van der Waals surface area contributed by atoms with Crippen molar-refractivity contribution in [3.8, 4) is 6.07 Å². The molecule has 1 amide bonds. The van der Waals surface area contributed by atoms with Crippen molar-refractivity contribution >= 4 is 23.2 Å². The number of halogens is 2. The monoisotopic (exact) mass is 288 g/mol. The van der Waals surface area contributed by atoms with Crippen LogP contribution in [0.3, 0.4) is 0 Å². The fraction of sp³-hybridized carbons (Fsp3) is 0.0667. The first-order chi connectivity index (χ1) is 9.54. The molecular weight excluding hydrogens is 279 g/mol. The van der Waals surface area contributed by atoms with Crippen molar-refractivity contribution in [2.24, 2.45) is 0 Å². The summed E-state index contributed by atoms with van der Waals surface area (Å²) in [4.78, 5) is 13.6. The molecule has 0 aliphatic carbocycles. The number of carbonyl (C=O) groups excluding carboxylic acids is 1. The molecule has 2 aromatic carbocycles. The molecule has 5 heteroatoms. The third-order valence-electron chi connectivity index (χ3n) is 2.86. The second-order valence-electron chi connectivity index (χ2n) is 4.12. The van der Waals surface area contributed by atoms with Crippen molar-refractivity contribution in [1.82, 2.24) is 0 Å². The van der Waals surface area contributed by atoms with Gasteiger partial charge in [-0.3, -0.25) is 4.79 Å². The van der Waals surface area contributed by atoms with Crippen molar-refractivity contribution in [3.63, 3.8) is 0 Å². The highest BCUT2D eigenvalue weighted by Crippen LogP contribution is 2.22. The second kappa shape index (κ2) is 5.72. The standard InChI is InChI=1S/C15H10ClFN2O/c1-19(14-5-3-2-4-11(14)9-18)15(20)10-6-7-12(16)13(17)8-10/h2-8H,1H3. The Labute approximate surface area is 120 Å². The van der Waals surface area contributed by atoms with Crippen LogP contribution in [0.1, 0.15) is 15.9 Å². The van der Waals surface area contributed by atoms with Crippen LogP contribution in [0, 0.1) is 17.1 Å². The highest BCUT2D eigenvalue weighted by molar-refractivity contribution is 6.30. The van der Waals surface area contributed by atoms with Crippen LogP contribution in [0.2, 0.25) is 5.02 Å². The van der Waals surface area contributed by atoms with Crippen LogP contribution >= 0.6 is 11.6 Å². The minimum Gasteiger partial charge on any atom is -0.310 e. The Balaban J connectivity index is 2.38. The number of anilines is 1. The van der Waals surface area contributed by atoms with Gasteiger partial charge in [0.05, 0.1) is 16.3 Å². The van der Waals surface area contributed by atoms with Gasteiger partial charge >= 0.3 is 0 Å². The van der Waals surface area contributed by atoms with Gasteiger partial charge in [0.25, 0.3) is 5.91 Å². The Morgan fingerprint density at radius 1 is 1.30 bits per heavy atom. The van der Waals surface area contributed by atoms with E-state index in [0.29, 0.717) is 11.3 Å². The maximum Gasteiger partial charge on any atom is 0.258 e. The quantitative estimate of drug-likeness (QED) is 0.847. The summed E-state index contributed by atoms with van der Waals surface area (Å²) in [5, 5.41) is 8.99. The first-order valence-corrected chi connectivity index (χ1v) is 6.14. The van der Waals surface area contributed by atoms with Gasteiger partial charge in [-0.25, -0.2) is 4.39 Å². The molecule has 0 bridgehead atoms. The minimum atomic E-state index is -0.653. The first kappa shape index (κ1) is 14.0. The number of benzene rings is 2. The van der Waals surface area contributed by atoms with Gasteiger partial charge in [-0.1, -0.05) is 23.7 Å². The maximum absolute atomic E-state index is 13.4. The molecule has 0 spiro atoms. The zero-order chi connectivity index (χ0) is 14.7. The van der Waals surface area contributed by atoms with E-state index in [9.17, 15) is 9.18 Å². The highest BCUT2D eigenvalue weighted by Gasteiger charge is 2.17. The van der Waals surface area contributed by atoms with Gasteiger partial charge in [-0.15, -0.1) is 0 Å². The molecule has 3 nitrogen and oxygen atoms in total. The molecule has 100 valence electrons. The average molecular weight is 289 g/mol. The van der Waals surface area contributed by atoms with Crippen LogP contribution in [0.4, 0.5) is 10.1 Å². The lowest BCUT2D eigenvalue weighted by Crippen LogP contribution is -2.27. The van der Waals surface area contributed by atoms with Gasteiger partial charge in [0.2, 0.25) is 0 Å². The van der Waals surface area contributed by atoms with E-state index >= 15 is 0 Å². The highest BCUT2D eigenvalue weighted by atomic mass is 35.5. The van der Waals surface area contributed by atoms with E-state index in [-0.39, 0.29) is 10.6 Å². The lowest BCUT2D eigenvalue weighted by molar-refractivity contribution is 0.0992. The molecule has 0 heterocycles. The summed E-state index contributed by atoms with van der Waals surface area (Å²) in [7, 11) is 1.53. The smallest absolute Gasteiger partial charge is 0.258 e. The predicted octanol–water partition coefficient (Wildman–Crippen LogP) is 3.63. The number of nitriles is 1. The summed E-state index contributed by atoms with van der Waals surface area (Å²) in [5.41, 5.74) is 1.01. The Hall–Kier alpha value is -2.38. The molecule has 0 aromatic heterocycles. The molecule has 0 radical (unpaired) electrons. The zero-order valence-corrected chi connectivity index (χ0v) is 11.4. The van der Waals surface area contributed by atoms with Crippen molar-refractivity contribution in [2.45, 2.75) is 0 Å². The van der Waals surface area contributed by atoms with E-state index in [4.69, 9.17) is 16.9 Å². The van der Waals surface area contributed by atoms with Crippen molar-refractivity contribution < 1.29 is 9.18 Å². The lowest BCUT2D eigenvalue weighted by Gasteiger charge is -2.18. The average Bonchev–Trinajstić information content (AvgIpc) is 2.48. The number of nitrogens with zero attached hydrogens (tertiary/aromatic N) is 2. The number of para-hydroxylation sites is 1.